The number of alkyl halides is 3. The highest BCUT2D eigenvalue weighted by atomic mass is 35.5. The van der Waals surface area contributed by atoms with E-state index in [4.69, 9.17) is 22.1 Å². The molecule has 0 saturated heterocycles. The minimum atomic E-state index is -5.15. The van der Waals surface area contributed by atoms with Gasteiger partial charge in [0.2, 0.25) is 0 Å². The number of oxime groups is 1. The summed E-state index contributed by atoms with van der Waals surface area (Å²) in [6.07, 6.45) is -5.15. The van der Waals surface area contributed by atoms with Crippen LogP contribution in [-0.4, -0.2) is 25.1 Å². The van der Waals surface area contributed by atoms with Crippen LogP contribution in [0, 0.1) is 0 Å². The number of nitrogens with zero attached hydrogens (tertiary/aromatic N) is 1. The van der Waals surface area contributed by atoms with Crippen LogP contribution in [0.15, 0.2) is 23.4 Å². The molecule has 0 unspecified atom stereocenters. The van der Waals surface area contributed by atoms with Gasteiger partial charge < -0.3 is 15.3 Å². The first-order chi connectivity index (χ1) is 8.75. The Morgan fingerprint density at radius 2 is 2.05 bits per heavy atom. The molecule has 0 spiro atoms. The fourth-order valence-electron chi connectivity index (χ4n) is 1.07. The second-order valence-corrected chi connectivity index (χ2v) is 3.63. The average Bonchev–Trinajstić information content (AvgIpc) is 2.34. The zero-order chi connectivity index (χ0) is 14.6. The predicted octanol–water partition coefficient (Wildman–Crippen LogP) is 2.07. The molecule has 2 N–H and O–H groups in total. The molecule has 5 nitrogen and oxygen atoms in total. The van der Waals surface area contributed by atoms with Gasteiger partial charge in [-0.3, -0.25) is 0 Å². The van der Waals surface area contributed by atoms with E-state index in [0.29, 0.717) is 0 Å². The van der Waals surface area contributed by atoms with E-state index in [2.05, 4.69) is 9.99 Å². The number of rotatable bonds is 3. The smallest absolute Gasteiger partial charge is 0.493 e. The van der Waals surface area contributed by atoms with Crippen LogP contribution >= 0.6 is 11.6 Å². The number of nitrogens with two attached hydrogens (primary N) is 1. The molecule has 0 heterocycles. The van der Waals surface area contributed by atoms with Gasteiger partial charge in [0.15, 0.2) is 5.84 Å². The largest absolute Gasteiger partial charge is 0.496 e. The van der Waals surface area contributed by atoms with Crippen molar-refractivity contribution in [2.75, 3.05) is 7.11 Å². The third-order valence-electron chi connectivity index (χ3n) is 1.90. The van der Waals surface area contributed by atoms with Gasteiger partial charge in [0.05, 0.1) is 12.7 Å². The predicted molar refractivity (Wildman–Crippen MR) is 60.9 cm³/mol. The number of benzene rings is 1. The fraction of sp³-hybridized carbons (Fsp3) is 0.200. The molecule has 0 bridgehead atoms. The lowest BCUT2D eigenvalue weighted by Gasteiger charge is -2.08. The fourth-order valence-corrected chi connectivity index (χ4v) is 1.24. The number of methoxy groups -OCH3 is 1. The Morgan fingerprint density at radius 1 is 1.42 bits per heavy atom. The molecule has 1 aromatic rings. The van der Waals surface area contributed by atoms with E-state index in [9.17, 15) is 18.0 Å². The summed E-state index contributed by atoms with van der Waals surface area (Å²) in [5.41, 5.74) is 5.50. The first-order valence-electron chi connectivity index (χ1n) is 4.71. The quantitative estimate of drug-likeness (QED) is 0.401. The second-order valence-electron chi connectivity index (χ2n) is 3.20. The Labute approximate surface area is 110 Å². The Hall–Kier alpha value is -1.96. The molecule has 0 radical (unpaired) electrons. The molecule has 0 fully saturated rings. The van der Waals surface area contributed by atoms with Crippen LogP contribution in [0.2, 0.25) is 5.02 Å². The Morgan fingerprint density at radius 3 is 2.58 bits per heavy atom. The number of carbonyl (C=O) groups excluding carboxylic acids is 1. The molecule has 0 aromatic heterocycles. The van der Waals surface area contributed by atoms with Gasteiger partial charge in [-0.25, -0.2) is 4.79 Å². The Kier molecular flexibility index (Phi) is 4.60. The van der Waals surface area contributed by atoms with Gasteiger partial charge in [-0.15, -0.1) is 0 Å². The lowest BCUT2D eigenvalue weighted by molar-refractivity contribution is -0.199. The van der Waals surface area contributed by atoms with E-state index in [1.165, 1.54) is 25.3 Å². The molecule has 0 atom stereocenters. The van der Waals surface area contributed by atoms with E-state index in [1.54, 1.807) is 0 Å². The number of halogens is 4. The number of amidine groups is 1. The van der Waals surface area contributed by atoms with Gasteiger partial charge in [-0.05, 0) is 18.2 Å². The van der Waals surface area contributed by atoms with Crippen molar-refractivity contribution in [3.05, 3.63) is 28.8 Å². The summed E-state index contributed by atoms with van der Waals surface area (Å²) in [5.74, 6) is -2.73. The zero-order valence-corrected chi connectivity index (χ0v) is 10.2. The summed E-state index contributed by atoms with van der Waals surface area (Å²) >= 11 is 5.70. The topological polar surface area (TPSA) is 73.9 Å². The highest BCUT2D eigenvalue weighted by Gasteiger charge is 2.41. The van der Waals surface area contributed by atoms with Crippen LogP contribution in [0.1, 0.15) is 5.56 Å². The first kappa shape index (κ1) is 15.1. The third kappa shape index (κ3) is 4.02. The van der Waals surface area contributed by atoms with Crippen LogP contribution in [0.3, 0.4) is 0 Å². The van der Waals surface area contributed by atoms with Crippen molar-refractivity contribution in [3.8, 4) is 5.75 Å². The first-order valence-corrected chi connectivity index (χ1v) is 5.09. The lowest BCUT2D eigenvalue weighted by Crippen LogP contribution is -2.25. The normalized spacial score (nSPS) is 12.2. The van der Waals surface area contributed by atoms with Crippen LogP contribution in [0.5, 0.6) is 5.75 Å². The molecule has 19 heavy (non-hydrogen) atoms. The Balaban J connectivity index is 2.97. The van der Waals surface area contributed by atoms with Crippen LogP contribution in [-0.2, 0) is 9.63 Å². The van der Waals surface area contributed by atoms with Crippen molar-refractivity contribution < 1.29 is 27.5 Å². The summed E-state index contributed by atoms with van der Waals surface area (Å²) in [6, 6.07) is 4.23. The molecule has 0 aliphatic rings. The summed E-state index contributed by atoms with van der Waals surface area (Å²) in [6.45, 7) is 0. The third-order valence-corrected chi connectivity index (χ3v) is 2.13. The number of carbonyl (C=O) groups is 1. The van der Waals surface area contributed by atoms with Crippen molar-refractivity contribution in [2.24, 2.45) is 10.9 Å². The molecule has 1 aromatic carbocycles. The Bertz CT molecular complexity index is 517. The summed E-state index contributed by atoms with van der Waals surface area (Å²) in [4.78, 5) is 14.1. The van der Waals surface area contributed by atoms with E-state index in [-0.39, 0.29) is 16.3 Å². The van der Waals surface area contributed by atoms with Crippen molar-refractivity contribution in [2.45, 2.75) is 6.18 Å². The second kappa shape index (κ2) is 5.79. The maximum Gasteiger partial charge on any atom is 0.493 e. The summed E-state index contributed by atoms with van der Waals surface area (Å²) < 4.78 is 40.6. The van der Waals surface area contributed by atoms with E-state index in [0.717, 1.165) is 0 Å². The maximum atomic E-state index is 11.9. The molecule has 104 valence electrons. The average molecular weight is 297 g/mol. The summed E-state index contributed by atoms with van der Waals surface area (Å²) in [5, 5.41) is 3.16. The molecular formula is C10H8ClF3N2O3. The van der Waals surface area contributed by atoms with Crippen molar-refractivity contribution in [1.29, 1.82) is 0 Å². The van der Waals surface area contributed by atoms with Gasteiger partial charge in [0.1, 0.15) is 5.75 Å². The van der Waals surface area contributed by atoms with E-state index in [1.807, 2.05) is 0 Å². The van der Waals surface area contributed by atoms with Gasteiger partial charge in [0.25, 0.3) is 0 Å². The minimum Gasteiger partial charge on any atom is -0.496 e. The van der Waals surface area contributed by atoms with Crippen LogP contribution in [0.25, 0.3) is 0 Å². The zero-order valence-electron chi connectivity index (χ0n) is 9.49. The lowest BCUT2D eigenvalue weighted by atomic mass is 10.2. The van der Waals surface area contributed by atoms with Gasteiger partial charge in [-0.2, -0.15) is 13.2 Å². The number of hydrogen-bond donors (Lipinski definition) is 1. The van der Waals surface area contributed by atoms with E-state index >= 15 is 0 Å². The van der Waals surface area contributed by atoms with Crippen LogP contribution in [0.4, 0.5) is 13.2 Å². The van der Waals surface area contributed by atoms with Crippen molar-refractivity contribution in [3.63, 3.8) is 0 Å². The molecule has 0 aliphatic carbocycles. The van der Waals surface area contributed by atoms with Crippen molar-refractivity contribution >= 4 is 23.4 Å². The van der Waals surface area contributed by atoms with E-state index < -0.39 is 18.0 Å². The van der Waals surface area contributed by atoms with Crippen molar-refractivity contribution in [1.82, 2.24) is 0 Å². The van der Waals surface area contributed by atoms with Gasteiger partial charge in [-0.1, -0.05) is 16.8 Å². The number of hydrogen-bond acceptors (Lipinski definition) is 4. The molecule has 0 aliphatic heterocycles. The SMILES string of the molecule is COc1ccc(Cl)cc1/C(N)=N/OC(=O)C(F)(F)F. The molecule has 0 amide bonds. The summed E-state index contributed by atoms with van der Waals surface area (Å²) in [7, 11) is 1.32. The van der Waals surface area contributed by atoms with Crippen LogP contribution < -0.4 is 10.5 Å². The van der Waals surface area contributed by atoms with Gasteiger partial charge >= 0.3 is 12.1 Å². The maximum absolute atomic E-state index is 11.9. The molecule has 0 saturated carbocycles. The number of ether oxygens (including phenoxy) is 1. The highest BCUT2D eigenvalue weighted by molar-refractivity contribution is 6.31. The molecular weight excluding hydrogens is 289 g/mol. The molecule has 1 rings (SSSR count). The molecule has 9 heteroatoms. The van der Waals surface area contributed by atoms with Gasteiger partial charge in [0, 0.05) is 5.02 Å². The monoisotopic (exact) mass is 296 g/mol. The standard InChI is InChI=1S/C10H8ClF3N2O3/c1-18-7-3-2-5(11)4-6(7)8(15)16-19-9(17)10(12,13)14/h2-4H,1H3,(H2,15,16). The minimum absolute atomic E-state index is 0.102. The highest BCUT2D eigenvalue weighted by Crippen LogP contribution is 2.22.